The summed E-state index contributed by atoms with van der Waals surface area (Å²) in [6.45, 7) is 11.1. The lowest BCUT2D eigenvalue weighted by Gasteiger charge is -2.32. The quantitative estimate of drug-likeness (QED) is 0.0557. The summed E-state index contributed by atoms with van der Waals surface area (Å²) < 4.78 is 136. The zero-order chi connectivity index (χ0) is 70.7. The fourth-order valence-electron chi connectivity index (χ4n) is 10.9. The summed E-state index contributed by atoms with van der Waals surface area (Å²) in [5, 5.41) is 1.30. The number of Topliss-reactive ketones (excluding diaryl/α,β-unsaturated/α-hetero) is 2. The smallest absolute Gasteiger partial charge is 0.455 e. The third-order valence-electron chi connectivity index (χ3n) is 17.0. The van der Waals surface area contributed by atoms with Crippen LogP contribution in [0.15, 0.2) is 181 Å². The highest BCUT2D eigenvalue weighted by Gasteiger charge is 2.53. The molecule has 28 heteroatoms. The minimum Gasteiger partial charge on any atom is -0.455 e. The highest BCUT2D eigenvalue weighted by atomic mass is 79.9. The molecule has 0 amide bonds. The number of hydrogen-bond donors (Lipinski definition) is 0. The predicted molar refractivity (Wildman–Crippen MR) is 372 cm³/mol. The van der Waals surface area contributed by atoms with Gasteiger partial charge in [-0.05, 0) is 141 Å². The number of para-hydroxylation sites is 2. The highest BCUT2D eigenvalue weighted by molar-refractivity contribution is 9.10. The zero-order valence-corrected chi connectivity index (χ0v) is 57.4. The standard InChI is InChI=1S/C32H24F2N4O5S.C25H29BFNO6S.C13H7BrFN3O/c1-4-27(39)29-22-14-21(19-13-23-31(35-16-19)36-17-38(32(23)40)25-8-6-5-7-24(25)34)26(37(2)44(3,41)42)15-28(22)43-30(29)18-9-11-20(33)12-10-18;1-8-20(29)22-17-13-18(26-33-24(2,3)25(4,5)34-26)19(28(6)35(7,30)31)14-21(17)32-23(22)15-9-11-16(27)12-10-15;14-8-5-9-12(16-6-8)17-7-18(13(9)19)11-4-2-1-3-10(11)15/h5-17H,4H2,1-3H3;9-14H,8H2,1-7H3;1-7H. The number of hydrogen-bond acceptors (Lipinski definition) is 16. The monoisotopic (exact) mass is 1430 g/mol. The Hall–Kier alpha value is -10.00. The maximum atomic E-state index is 14.6. The molecule has 1 fully saturated rings. The van der Waals surface area contributed by atoms with Gasteiger partial charge in [0.1, 0.15) is 58.6 Å². The van der Waals surface area contributed by atoms with E-state index >= 15 is 0 Å². The molecule has 502 valence electrons. The molecule has 0 bridgehead atoms. The molecule has 0 spiro atoms. The Bertz CT molecular complexity index is 5540. The molecule has 6 aromatic carbocycles. The first-order valence-corrected chi connectivity index (χ1v) is 34.7. The Kier molecular flexibility index (Phi) is 19.0. The van der Waals surface area contributed by atoms with Crippen LogP contribution >= 0.6 is 15.9 Å². The second-order valence-electron chi connectivity index (χ2n) is 23.9. The summed E-state index contributed by atoms with van der Waals surface area (Å²) in [5.41, 5.74) is 2.14. The molecule has 13 rings (SSSR count). The first kappa shape index (κ1) is 69.4. The molecule has 20 nitrogen and oxygen atoms in total. The van der Waals surface area contributed by atoms with Crippen LogP contribution in [0.3, 0.4) is 0 Å². The maximum Gasteiger partial charge on any atom is 0.497 e. The van der Waals surface area contributed by atoms with Gasteiger partial charge in [0.15, 0.2) is 22.9 Å². The van der Waals surface area contributed by atoms with E-state index in [1.807, 2.05) is 27.7 Å². The SMILES string of the molecule is CCC(=O)c1c(-c2ccc(F)cc2)oc2cc(N(C)S(C)(=O)=O)c(-c3cnc4ncn(-c5ccccc5F)c(=O)c4c3)cc12.CCC(=O)c1c(-c2ccc(F)cc2)oc2cc(N(C)S(C)(=O)=O)c(B3OC(C)(C)C(C)(C)O3)cc12.O=c1c2cc(Br)cnc2ncn1-c1ccccc1F. The molecule has 0 unspecified atom stereocenters. The Morgan fingerprint density at radius 1 is 0.541 bits per heavy atom. The van der Waals surface area contributed by atoms with Crippen molar-refractivity contribution in [2.75, 3.05) is 35.2 Å². The van der Waals surface area contributed by atoms with E-state index < -0.39 is 67.2 Å². The number of fused-ring (bicyclic) bond motifs is 4. The molecule has 0 aliphatic carbocycles. The van der Waals surface area contributed by atoms with Crippen molar-refractivity contribution < 1.29 is 62.1 Å². The van der Waals surface area contributed by atoms with Gasteiger partial charge in [-0.25, -0.2) is 54.3 Å². The van der Waals surface area contributed by atoms with Crippen LogP contribution in [-0.4, -0.2) is 102 Å². The van der Waals surface area contributed by atoms with E-state index in [1.165, 1.54) is 129 Å². The van der Waals surface area contributed by atoms with E-state index in [0.29, 0.717) is 76.6 Å². The van der Waals surface area contributed by atoms with Crippen molar-refractivity contribution in [2.45, 2.75) is 65.6 Å². The molecule has 0 radical (unpaired) electrons. The molecular formula is C70H60BBrF4N8O12S2. The van der Waals surface area contributed by atoms with Gasteiger partial charge in [0.05, 0.1) is 68.4 Å². The molecule has 0 N–H and O–H groups in total. The van der Waals surface area contributed by atoms with E-state index in [4.69, 9.17) is 18.1 Å². The second kappa shape index (κ2) is 26.8. The van der Waals surface area contributed by atoms with Crippen molar-refractivity contribution >= 4 is 116 Å². The van der Waals surface area contributed by atoms with Gasteiger partial charge in [0.25, 0.3) is 11.1 Å². The third-order valence-corrected chi connectivity index (χ3v) is 19.8. The van der Waals surface area contributed by atoms with Crippen molar-refractivity contribution in [3.8, 4) is 45.1 Å². The number of carbonyl (C=O) groups excluding carboxylic acids is 2. The number of furan rings is 2. The van der Waals surface area contributed by atoms with Crippen molar-refractivity contribution in [1.82, 2.24) is 29.1 Å². The minimum atomic E-state index is -3.79. The van der Waals surface area contributed by atoms with Gasteiger partial charge in [-0.1, -0.05) is 38.1 Å². The molecule has 1 aliphatic heterocycles. The third kappa shape index (κ3) is 13.4. The minimum absolute atomic E-state index is 0.00524. The van der Waals surface area contributed by atoms with Crippen LogP contribution < -0.4 is 25.2 Å². The van der Waals surface area contributed by atoms with Crippen LogP contribution in [0, 0.1) is 23.3 Å². The Balaban J connectivity index is 0.000000160. The van der Waals surface area contributed by atoms with E-state index in [-0.39, 0.29) is 75.0 Å². The van der Waals surface area contributed by atoms with E-state index in [2.05, 4.69) is 35.9 Å². The van der Waals surface area contributed by atoms with Gasteiger partial charge in [-0.15, -0.1) is 0 Å². The summed E-state index contributed by atoms with van der Waals surface area (Å²) in [7, 11) is -5.51. The molecule has 0 atom stereocenters. The zero-order valence-electron chi connectivity index (χ0n) is 54.2. The van der Waals surface area contributed by atoms with Gasteiger partial charge < -0.3 is 18.1 Å². The van der Waals surface area contributed by atoms with Crippen molar-refractivity contribution in [2.24, 2.45) is 0 Å². The van der Waals surface area contributed by atoms with Crippen molar-refractivity contribution in [3.05, 3.63) is 218 Å². The number of aromatic nitrogens is 6. The number of anilines is 2. The fraction of sp³-hybridized carbons (Fsp3) is 0.200. The largest absolute Gasteiger partial charge is 0.497 e. The molecule has 98 heavy (non-hydrogen) atoms. The fourth-order valence-corrected chi connectivity index (χ4v) is 12.2. The second-order valence-corrected chi connectivity index (χ2v) is 28.8. The Morgan fingerprint density at radius 2 is 0.959 bits per heavy atom. The van der Waals surface area contributed by atoms with Gasteiger partial charge in [-0.3, -0.25) is 36.9 Å². The summed E-state index contributed by atoms with van der Waals surface area (Å²) in [6.07, 6.45) is 7.97. The summed E-state index contributed by atoms with van der Waals surface area (Å²) in [4.78, 5) is 68.9. The average Bonchev–Trinajstić information content (AvgIpc) is 1.52. The van der Waals surface area contributed by atoms with E-state index in [0.717, 1.165) is 25.7 Å². The summed E-state index contributed by atoms with van der Waals surface area (Å²) in [6, 6.07) is 32.5. The number of benzene rings is 6. The van der Waals surface area contributed by atoms with Gasteiger partial charge in [0.2, 0.25) is 20.0 Å². The molecule has 7 heterocycles. The average molecular weight is 1440 g/mol. The van der Waals surface area contributed by atoms with Crippen LogP contribution in [0.2, 0.25) is 0 Å². The van der Waals surface area contributed by atoms with Crippen LogP contribution in [-0.2, 0) is 29.4 Å². The lowest BCUT2D eigenvalue weighted by atomic mass is 9.76. The molecular weight excluding hydrogens is 1380 g/mol. The number of pyridine rings is 2. The number of halogens is 5. The number of nitrogens with zero attached hydrogens (tertiary/aromatic N) is 8. The number of carbonyl (C=O) groups is 2. The van der Waals surface area contributed by atoms with Crippen LogP contribution in [0.5, 0.6) is 0 Å². The lowest BCUT2D eigenvalue weighted by molar-refractivity contribution is 0.00578. The van der Waals surface area contributed by atoms with Crippen molar-refractivity contribution in [1.29, 1.82) is 0 Å². The highest BCUT2D eigenvalue weighted by Crippen LogP contribution is 2.44. The normalized spacial score (nSPS) is 13.5. The van der Waals surface area contributed by atoms with Crippen LogP contribution in [0.1, 0.15) is 75.1 Å². The van der Waals surface area contributed by atoms with Gasteiger partial charge in [0, 0.05) is 94.4 Å². The molecule has 12 aromatic rings. The molecule has 0 saturated carbocycles. The molecule has 6 aromatic heterocycles. The van der Waals surface area contributed by atoms with Gasteiger partial charge >= 0.3 is 7.12 Å². The Morgan fingerprint density at radius 3 is 1.41 bits per heavy atom. The van der Waals surface area contributed by atoms with Crippen LogP contribution in [0.25, 0.3) is 89.2 Å². The first-order valence-electron chi connectivity index (χ1n) is 30.2. The first-order chi connectivity index (χ1) is 46.3. The summed E-state index contributed by atoms with van der Waals surface area (Å²) >= 11 is 3.25. The maximum absolute atomic E-state index is 14.6. The van der Waals surface area contributed by atoms with E-state index in [1.54, 1.807) is 62.5 Å². The van der Waals surface area contributed by atoms with Crippen LogP contribution in [0.4, 0.5) is 28.9 Å². The summed E-state index contributed by atoms with van der Waals surface area (Å²) in [5.74, 6) is -1.86. The number of ketones is 2. The predicted octanol–water partition coefficient (Wildman–Crippen LogP) is 13.3. The van der Waals surface area contributed by atoms with E-state index in [9.17, 15) is 53.6 Å². The van der Waals surface area contributed by atoms with Gasteiger partial charge in [-0.2, -0.15) is 0 Å². The lowest BCUT2D eigenvalue weighted by Crippen LogP contribution is -2.41. The Labute approximate surface area is 567 Å². The molecule has 1 aliphatic rings. The number of rotatable bonds is 14. The topological polar surface area (TPSA) is 249 Å². The number of sulfonamides is 2. The molecule has 1 saturated heterocycles. The van der Waals surface area contributed by atoms with Crippen molar-refractivity contribution in [3.63, 3.8) is 0 Å².